The number of benzene rings is 1. The molecular formula is C25H24ClFN6O7. The first-order valence-electron chi connectivity index (χ1n) is 12.1. The zero-order valence-corrected chi connectivity index (χ0v) is 22.0. The highest BCUT2D eigenvalue weighted by atomic mass is 35.5. The van der Waals surface area contributed by atoms with Crippen molar-refractivity contribution in [1.82, 2.24) is 24.7 Å². The van der Waals surface area contributed by atoms with Crippen LogP contribution in [0, 0.1) is 13.8 Å². The van der Waals surface area contributed by atoms with Crippen LogP contribution in [0.4, 0.5) is 10.2 Å². The number of carboxylic acids is 2. The van der Waals surface area contributed by atoms with Crippen molar-refractivity contribution in [1.29, 1.82) is 0 Å². The van der Waals surface area contributed by atoms with Crippen LogP contribution in [0.25, 0.3) is 22.3 Å². The number of nitrogens with zero attached hydrogens (tertiary/aromatic N) is 5. The molecule has 4 aromatic rings. The predicted octanol–water partition coefficient (Wildman–Crippen LogP) is 3.13. The number of hydrogen-bond donors (Lipinski definition) is 3. The van der Waals surface area contributed by atoms with Crippen LogP contribution in [0.15, 0.2) is 35.1 Å². The molecule has 13 nitrogen and oxygen atoms in total. The Labute approximate surface area is 230 Å². The van der Waals surface area contributed by atoms with Gasteiger partial charge in [0.2, 0.25) is 5.28 Å². The number of nitrogens with two attached hydrogens (primary N) is 1. The van der Waals surface area contributed by atoms with Gasteiger partial charge in [-0.05, 0) is 36.6 Å². The Morgan fingerprint density at radius 2 is 1.93 bits per heavy atom. The summed E-state index contributed by atoms with van der Waals surface area (Å²) < 4.78 is 32.8. The van der Waals surface area contributed by atoms with Gasteiger partial charge in [0.15, 0.2) is 17.7 Å². The minimum atomic E-state index is -2.64. The third-order valence-corrected chi connectivity index (χ3v) is 6.93. The lowest BCUT2D eigenvalue weighted by Crippen LogP contribution is -2.52. The van der Waals surface area contributed by atoms with E-state index in [-0.39, 0.29) is 28.7 Å². The number of nitrogen functional groups attached to an aromatic ring is 1. The van der Waals surface area contributed by atoms with Gasteiger partial charge in [0.1, 0.15) is 17.4 Å². The Morgan fingerprint density at radius 1 is 1.23 bits per heavy atom. The summed E-state index contributed by atoms with van der Waals surface area (Å²) in [5.74, 6) is -2.79. The molecule has 1 aliphatic rings. The van der Waals surface area contributed by atoms with Gasteiger partial charge in [0.25, 0.3) is 5.60 Å². The number of alkyl halides is 1. The van der Waals surface area contributed by atoms with Crippen LogP contribution in [0.1, 0.15) is 29.7 Å². The van der Waals surface area contributed by atoms with E-state index in [0.29, 0.717) is 17.0 Å². The summed E-state index contributed by atoms with van der Waals surface area (Å²) in [4.78, 5) is 36.4. The number of halogens is 2. The molecule has 0 saturated carbocycles. The number of carboxylic acid groups (broad SMARTS) is 2. The molecule has 0 bridgehead atoms. The Hall–Kier alpha value is -4.14. The number of rotatable bonds is 9. The monoisotopic (exact) mass is 574 g/mol. The third-order valence-electron chi connectivity index (χ3n) is 6.76. The van der Waals surface area contributed by atoms with Gasteiger partial charge in [-0.15, -0.1) is 0 Å². The number of anilines is 1. The standard InChI is InChI=1S/C25H24ClFN6O7/c1-11-17(12(2)40-32-11)14-5-3-13(4-6-14)8-25(22(34)35,23(36)37)38-9-15-7-16(27)21(39-15)33-10-29-18-19(28)30-24(26)31-20(18)33/h3-6,10,15-16,21H,7-9H2,1-2H3,(H,34,35)(H,36,37)(H2,28,30,31). The Balaban J connectivity index is 1.33. The maximum atomic E-state index is 15.0. The van der Waals surface area contributed by atoms with E-state index in [2.05, 4.69) is 20.1 Å². The number of imidazole rings is 1. The second-order valence-electron chi connectivity index (χ2n) is 9.42. The van der Waals surface area contributed by atoms with Gasteiger partial charge in [-0.2, -0.15) is 9.97 Å². The van der Waals surface area contributed by atoms with Crippen LogP contribution in [0.3, 0.4) is 0 Å². The fourth-order valence-electron chi connectivity index (χ4n) is 4.77. The first-order valence-corrected chi connectivity index (χ1v) is 12.5. The van der Waals surface area contributed by atoms with E-state index in [4.69, 9.17) is 31.3 Å². The molecule has 1 aromatic carbocycles. The van der Waals surface area contributed by atoms with Gasteiger partial charge in [-0.3, -0.25) is 4.57 Å². The molecule has 1 saturated heterocycles. The fourth-order valence-corrected chi connectivity index (χ4v) is 4.95. The number of aromatic nitrogens is 5. The van der Waals surface area contributed by atoms with Gasteiger partial charge in [0, 0.05) is 18.4 Å². The van der Waals surface area contributed by atoms with E-state index in [1.54, 1.807) is 38.1 Å². The largest absolute Gasteiger partial charge is 0.479 e. The lowest BCUT2D eigenvalue weighted by Gasteiger charge is -2.27. The predicted molar refractivity (Wildman–Crippen MR) is 137 cm³/mol. The molecule has 3 unspecified atom stereocenters. The van der Waals surface area contributed by atoms with E-state index in [1.165, 1.54) is 10.9 Å². The van der Waals surface area contributed by atoms with E-state index in [9.17, 15) is 19.8 Å². The highest BCUT2D eigenvalue weighted by Gasteiger charge is 2.50. The molecular weight excluding hydrogens is 551 g/mol. The van der Waals surface area contributed by atoms with Crippen molar-refractivity contribution in [2.75, 3.05) is 12.3 Å². The Kier molecular flexibility index (Phi) is 7.16. The van der Waals surface area contributed by atoms with Gasteiger partial charge in [-0.25, -0.2) is 19.0 Å². The van der Waals surface area contributed by atoms with Crippen LogP contribution in [0.5, 0.6) is 0 Å². The quantitative estimate of drug-likeness (QED) is 0.196. The zero-order valence-electron chi connectivity index (χ0n) is 21.2. The maximum absolute atomic E-state index is 15.0. The van der Waals surface area contributed by atoms with E-state index in [0.717, 1.165) is 11.1 Å². The Morgan fingerprint density at radius 3 is 2.55 bits per heavy atom. The molecule has 0 radical (unpaired) electrons. The summed E-state index contributed by atoms with van der Waals surface area (Å²) in [5.41, 5.74) is 6.17. The van der Waals surface area contributed by atoms with Crippen LogP contribution in [0.2, 0.25) is 5.28 Å². The molecule has 3 aromatic heterocycles. The minimum absolute atomic E-state index is 0.00877. The number of hydrogen-bond acceptors (Lipinski definition) is 10. The average molecular weight is 575 g/mol. The molecule has 210 valence electrons. The van der Waals surface area contributed by atoms with Crippen molar-refractivity contribution in [3.8, 4) is 11.1 Å². The minimum Gasteiger partial charge on any atom is -0.479 e. The van der Waals surface area contributed by atoms with Crippen molar-refractivity contribution in [2.45, 2.75) is 50.8 Å². The van der Waals surface area contributed by atoms with Crippen molar-refractivity contribution >= 4 is 40.5 Å². The molecule has 40 heavy (non-hydrogen) atoms. The third kappa shape index (κ3) is 4.85. The van der Waals surface area contributed by atoms with E-state index >= 15 is 4.39 Å². The van der Waals surface area contributed by atoms with E-state index < -0.39 is 49.1 Å². The second kappa shape index (κ2) is 10.4. The Bertz CT molecular complexity index is 1560. The molecule has 1 aliphatic heterocycles. The molecule has 5 rings (SSSR count). The number of aryl methyl sites for hydroxylation is 2. The number of aliphatic carboxylic acids is 2. The van der Waals surface area contributed by atoms with Crippen LogP contribution in [-0.2, 0) is 25.5 Å². The molecule has 4 heterocycles. The lowest BCUT2D eigenvalue weighted by molar-refractivity contribution is -0.188. The SMILES string of the molecule is Cc1noc(C)c1-c1ccc(CC(OCC2CC(F)C(n3cnc4c(N)nc(Cl)nc43)O2)(C(=O)O)C(=O)O)cc1. The van der Waals surface area contributed by atoms with Gasteiger partial charge in [0.05, 0.1) is 24.7 Å². The fraction of sp³-hybridized carbons (Fsp3) is 0.360. The number of ether oxygens (including phenoxy) is 2. The highest BCUT2D eigenvalue weighted by molar-refractivity contribution is 6.28. The summed E-state index contributed by atoms with van der Waals surface area (Å²) >= 11 is 5.88. The molecule has 0 spiro atoms. The maximum Gasteiger partial charge on any atom is 0.348 e. The van der Waals surface area contributed by atoms with Crippen molar-refractivity contribution in [3.63, 3.8) is 0 Å². The first kappa shape index (κ1) is 27.4. The number of carbonyl (C=O) groups is 2. The average Bonchev–Trinajstić information content (AvgIpc) is 3.58. The first-order chi connectivity index (χ1) is 19.0. The molecule has 0 amide bonds. The topological polar surface area (TPSA) is 189 Å². The van der Waals surface area contributed by atoms with Crippen molar-refractivity contribution in [2.24, 2.45) is 0 Å². The molecule has 1 fully saturated rings. The number of fused-ring (bicyclic) bond motifs is 1. The second-order valence-corrected chi connectivity index (χ2v) is 9.76. The van der Waals surface area contributed by atoms with Crippen LogP contribution >= 0.6 is 11.6 Å². The van der Waals surface area contributed by atoms with Gasteiger partial charge < -0.3 is 29.9 Å². The van der Waals surface area contributed by atoms with Gasteiger partial charge in [-0.1, -0.05) is 29.4 Å². The van der Waals surface area contributed by atoms with Gasteiger partial charge >= 0.3 is 11.9 Å². The van der Waals surface area contributed by atoms with Crippen LogP contribution < -0.4 is 5.73 Å². The molecule has 15 heteroatoms. The normalized spacial score (nSPS) is 19.4. The summed E-state index contributed by atoms with van der Waals surface area (Å²) in [6, 6.07) is 6.64. The highest BCUT2D eigenvalue weighted by Crippen LogP contribution is 2.35. The summed E-state index contributed by atoms with van der Waals surface area (Å²) in [5, 5.41) is 23.6. The molecule has 4 N–H and O–H groups in total. The lowest BCUT2D eigenvalue weighted by atomic mass is 9.92. The zero-order chi connectivity index (χ0) is 28.8. The smallest absolute Gasteiger partial charge is 0.348 e. The summed E-state index contributed by atoms with van der Waals surface area (Å²) in [7, 11) is 0. The van der Waals surface area contributed by atoms with Crippen LogP contribution in [-0.4, -0.2) is 71.3 Å². The van der Waals surface area contributed by atoms with E-state index in [1.807, 2.05) is 0 Å². The summed E-state index contributed by atoms with van der Waals surface area (Å²) in [6.45, 7) is 3.05. The van der Waals surface area contributed by atoms with Crippen molar-refractivity contribution < 1.29 is 38.2 Å². The molecule has 3 atom stereocenters. The van der Waals surface area contributed by atoms with Crippen molar-refractivity contribution in [3.05, 3.63) is 52.9 Å². The summed E-state index contributed by atoms with van der Waals surface area (Å²) in [6.07, 6.45) is -3.15. The molecule has 0 aliphatic carbocycles.